The summed E-state index contributed by atoms with van der Waals surface area (Å²) in [6.07, 6.45) is 1.57. The molecular formula is C13H13F2N3. The number of nitrogens with zero attached hydrogens (tertiary/aromatic N) is 2. The third-order valence-electron chi connectivity index (χ3n) is 2.67. The molecule has 1 atom stereocenters. The first-order valence-electron chi connectivity index (χ1n) is 5.54. The van der Waals surface area contributed by atoms with Gasteiger partial charge in [0, 0.05) is 11.8 Å². The van der Waals surface area contributed by atoms with Crippen molar-refractivity contribution < 1.29 is 8.78 Å². The Bertz CT molecular complexity index is 537. The van der Waals surface area contributed by atoms with Crippen LogP contribution in [0.4, 0.5) is 8.78 Å². The van der Waals surface area contributed by atoms with Crippen molar-refractivity contribution in [1.82, 2.24) is 15.3 Å². The van der Waals surface area contributed by atoms with E-state index in [2.05, 4.69) is 15.3 Å². The monoisotopic (exact) mass is 249 g/mol. The molecule has 2 rings (SSSR count). The molecule has 5 heteroatoms. The molecule has 0 fully saturated rings. The first kappa shape index (κ1) is 12.6. The van der Waals surface area contributed by atoms with Crippen LogP contribution < -0.4 is 5.32 Å². The summed E-state index contributed by atoms with van der Waals surface area (Å²) in [7, 11) is 1.63. The van der Waals surface area contributed by atoms with Gasteiger partial charge in [-0.15, -0.1) is 0 Å². The highest BCUT2D eigenvalue weighted by Gasteiger charge is 2.21. The van der Waals surface area contributed by atoms with Gasteiger partial charge in [-0.2, -0.15) is 0 Å². The molecule has 1 aromatic carbocycles. The molecule has 0 spiro atoms. The minimum Gasteiger partial charge on any atom is -0.308 e. The fraction of sp³-hybridized carbons (Fsp3) is 0.231. The summed E-state index contributed by atoms with van der Waals surface area (Å²) in [5, 5.41) is 2.87. The zero-order valence-electron chi connectivity index (χ0n) is 10.1. The van der Waals surface area contributed by atoms with Gasteiger partial charge in [-0.1, -0.05) is 6.07 Å². The third kappa shape index (κ3) is 2.36. The van der Waals surface area contributed by atoms with E-state index >= 15 is 0 Å². The molecule has 0 bridgehead atoms. The molecule has 1 unspecified atom stereocenters. The summed E-state index contributed by atoms with van der Waals surface area (Å²) < 4.78 is 27.5. The van der Waals surface area contributed by atoms with Crippen LogP contribution in [0.15, 0.2) is 30.5 Å². The van der Waals surface area contributed by atoms with Crippen LogP contribution >= 0.6 is 0 Å². The van der Waals surface area contributed by atoms with E-state index in [-0.39, 0.29) is 5.56 Å². The summed E-state index contributed by atoms with van der Waals surface area (Å²) in [6.45, 7) is 1.73. The maximum Gasteiger partial charge on any atom is 0.131 e. The summed E-state index contributed by atoms with van der Waals surface area (Å²) in [5.74, 6) is -0.624. The minimum absolute atomic E-state index is 0.0295. The van der Waals surface area contributed by atoms with Gasteiger partial charge >= 0.3 is 0 Å². The normalized spacial score (nSPS) is 12.4. The van der Waals surface area contributed by atoms with Gasteiger partial charge in [-0.25, -0.2) is 18.7 Å². The first-order valence-corrected chi connectivity index (χ1v) is 5.54. The standard InChI is InChI=1S/C13H13F2N3/c1-8-17-7-6-11(18-8)13(16-2)12-9(14)4-3-5-10(12)15/h3-7,13,16H,1-2H3. The zero-order chi connectivity index (χ0) is 13.1. The summed E-state index contributed by atoms with van der Waals surface area (Å²) in [4.78, 5) is 8.16. The second-order valence-electron chi connectivity index (χ2n) is 3.89. The first-order chi connectivity index (χ1) is 8.63. The van der Waals surface area contributed by atoms with Crippen LogP contribution in [0.2, 0.25) is 0 Å². The maximum atomic E-state index is 13.8. The quantitative estimate of drug-likeness (QED) is 0.907. The van der Waals surface area contributed by atoms with E-state index in [1.807, 2.05) is 0 Å². The van der Waals surface area contributed by atoms with Crippen molar-refractivity contribution in [3.05, 3.63) is 59.2 Å². The highest BCUT2D eigenvalue weighted by Crippen LogP contribution is 2.25. The van der Waals surface area contributed by atoms with E-state index in [9.17, 15) is 8.78 Å². The van der Waals surface area contributed by atoms with Crippen LogP contribution in [-0.2, 0) is 0 Å². The largest absolute Gasteiger partial charge is 0.308 e. The lowest BCUT2D eigenvalue weighted by molar-refractivity contribution is 0.517. The second kappa shape index (κ2) is 5.18. The molecule has 2 aromatic rings. The molecule has 1 heterocycles. The number of hydrogen-bond acceptors (Lipinski definition) is 3. The molecule has 1 aromatic heterocycles. The summed E-state index contributed by atoms with van der Waals surface area (Å²) in [6, 6.07) is 4.81. The van der Waals surface area contributed by atoms with Crippen LogP contribution in [0.5, 0.6) is 0 Å². The molecule has 18 heavy (non-hydrogen) atoms. The molecule has 0 saturated carbocycles. The maximum absolute atomic E-state index is 13.8. The number of nitrogens with one attached hydrogen (secondary N) is 1. The average Bonchev–Trinajstić information content (AvgIpc) is 2.34. The molecule has 0 amide bonds. The number of benzene rings is 1. The Morgan fingerprint density at radius 2 is 1.83 bits per heavy atom. The Morgan fingerprint density at radius 3 is 2.39 bits per heavy atom. The van der Waals surface area contributed by atoms with Gasteiger partial charge in [0.25, 0.3) is 0 Å². The zero-order valence-corrected chi connectivity index (χ0v) is 10.1. The van der Waals surface area contributed by atoms with Crippen LogP contribution in [0.1, 0.15) is 23.1 Å². The van der Waals surface area contributed by atoms with Crippen molar-refractivity contribution in [3.8, 4) is 0 Å². The lowest BCUT2D eigenvalue weighted by Gasteiger charge is -2.17. The highest BCUT2D eigenvalue weighted by atomic mass is 19.1. The topological polar surface area (TPSA) is 37.8 Å². The molecule has 94 valence electrons. The van der Waals surface area contributed by atoms with Crippen LogP contribution in [0.3, 0.4) is 0 Å². The molecule has 3 nitrogen and oxygen atoms in total. The minimum atomic E-state index is -0.632. The van der Waals surface area contributed by atoms with Gasteiger partial charge in [-0.3, -0.25) is 0 Å². The van der Waals surface area contributed by atoms with E-state index in [1.165, 1.54) is 18.2 Å². The van der Waals surface area contributed by atoms with E-state index in [0.717, 1.165) is 0 Å². The van der Waals surface area contributed by atoms with Crippen molar-refractivity contribution >= 4 is 0 Å². The Kier molecular flexibility index (Phi) is 3.62. The van der Waals surface area contributed by atoms with Gasteiger partial charge < -0.3 is 5.32 Å². The van der Waals surface area contributed by atoms with Gasteiger partial charge in [0.15, 0.2) is 0 Å². The fourth-order valence-corrected chi connectivity index (χ4v) is 1.86. The van der Waals surface area contributed by atoms with Crippen LogP contribution in [0.25, 0.3) is 0 Å². The molecule has 0 radical (unpaired) electrons. The predicted molar refractivity (Wildman–Crippen MR) is 64.0 cm³/mol. The number of hydrogen-bond donors (Lipinski definition) is 1. The molecule has 0 aliphatic carbocycles. The van der Waals surface area contributed by atoms with Gasteiger partial charge in [0.05, 0.1) is 11.7 Å². The smallest absolute Gasteiger partial charge is 0.131 e. The average molecular weight is 249 g/mol. The highest BCUT2D eigenvalue weighted by molar-refractivity contribution is 5.30. The molecular weight excluding hydrogens is 236 g/mol. The summed E-state index contributed by atoms with van der Waals surface area (Å²) in [5.41, 5.74) is 0.507. The van der Waals surface area contributed by atoms with Crippen LogP contribution in [-0.4, -0.2) is 17.0 Å². The molecule has 1 N–H and O–H groups in total. The second-order valence-corrected chi connectivity index (χ2v) is 3.89. The molecule has 0 aliphatic rings. The predicted octanol–water partition coefficient (Wildman–Crippen LogP) is 2.37. The summed E-state index contributed by atoms with van der Waals surface area (Å²) >= 11 is 0. The van der Waals surface area contributed by atoms with Crippen molar-refractivity contribution in [3.63, 3.8) is 0 Å². The number of rotatable bonds is 3. The number of aromatic nitrogens is 2. The van der Waals surface area contributed by atoms with Crippen molar-refractivity contribution in [2.24, 2.45) is 0 Å². The van der Waals surface area contributed by atoms with Crippen molar-refractivity contribution in [2.45, 2.75) is 13.0 Å². The lowest BCUT2D eigenvalue weighted by Crippen LogP contribution is -2.22. The van der Waals surface area contributed by atoms with Crippen LogP contribution in [0, 0.1) is 18.6 Å². The van der Waals surface area contributed by atoms with Gasteiger partial charge in [0.2, 0.25) is 0 Å². The molecule has 0 saturated heterocycles. The van der Waals surface area contributed by atoms with E-state index in [0.29, 0.717) is 11.5 Å². The van der Waals surface area contributed by atoms with Gasteiger partial charge in [-0.05, 0) is 32.2 Å². The van der Waals surface area contributed by atoms with Crippen molar-refractivity contribution in [1.29, 1.82) is 0 Å². The van der Waals surface area contributed by atoms with Crippen molar-refractivity contribution in [2.75, 3.05) is 7.05 Å². The number of aryl methyl sites for hydroxylation is 1. The Hall–Kier alpha value is -1.88. The lowest BCUT2D eigenvalue weighted by atomic mass is 10.0. The Labute approximate surface area is 104 Å². The van der Waals surface area contributed by atoms with E-state index in [4.69, 9.17) is 0 Å². The number of halogens is 2. The Balaban J connectivity index is 2.52. The third-order valence-corrected chi connectivity index (χ3v) is 2.67. The fourth-order valence-electron chi connectivity index (χ4n) is 1.86. The Morgan fingerprint density at radius 1 is 1.17 bits per heavy atom. The van der Waals surface area contributed by atoms with E-state index < -0.39 is 17.7 Å². The van der Waals surface area contributed by atoms with E-state index in [1.54, 1.807) is 26.2 Å². The SMILES string of the molecule is CNC(c1ccnc(C)n1)c1c(F)cccc1F. The van der Waals surface area contributed by atoms with Gasteiger partial charge in [0.1, 0.15) is 17.5 Å². The molecule has 0 aliphatic heterocycles.